The number of nitrogens with zero attached hydrogens (tertiary/aromatic N) is 1. The van der Waals surface area contributed by atoms with Gasteiger partial charge in [-0.1, -0.05) is 6.07 Å². The standard InChI is InChI=1S/C19H21NO5/c1-4-24-16-7-5-6-15(11-16)20-12-14-8-9-17(18(10-14)23-3)25-13(2)19(21)22/h5-13H,4H2,1-3H3,(H,21,22)/t13-/m1/s1. The van der Waals surface area contributed by atoms with Gasteiger partial charge in [-0.3, -0.25) is 4.99 Å². The van der Waals surface area contributed by atoms with Crippen LogP contribution in [0.2, 0.25) is 0 Å². The highest BCUT2D eigenvalue weighted by atomic mass is 16.5. The molecule has 2 aromatic carbocycles. The molecule has 132 valence electrons. The molecule has 2 aromatic rings. The fraction of sp³-hybridized carbons (Fsp3) is 0.263. The van der Waals surface area contributed by atoms with E-state index >= 15 is 0 Å². The SMILES string of the molecule is CCOc1cccc(N=Cc2ccc(O[C@H](C)C(=O)O)c(OC)c2)c1. The number of rotatable bonds is 8. The highest BCUT2D eigenvalue weighted by molar-refractivity contribution is 5.83. The molecule has 0 amide bonds. The molecule has 1 atom stereocenters. The van der Waals surface area contributed by atoms with E-state index in [9.17, 15) is 4.79 Å². The third kappa shape index (κ3) is 5.24. The molecule has 0 aliphatic heterocycles. The average Bonchev–Trinajstić information content (AvgIpc) is 2.61. The van der Waals surface area contributed by atoms with Gasteiger partial charge in [-0.25, -0.2) is 4.79 Å². The monoisotopic (exact) mass is 343 g/mol. The first kappa shape index (κ1) is 18.3. The van der Waals surface area contributed by atoms with Crippen molar-refractivity contribution < 1.29 is 24.1 Å². The van der Waals surface area contributed by atoms with Gasteiger partial charge < -0.3 is 19.3 Å². The first-order valence-electron chi connectivity index (χ1n) is 7.88. The van der Waals surface area contributed by atoms with Crippen LogP contribution in [0.15, 0.2) is 47.5 Å². The minimum Gasteiger partial charge on any atom is -0.494 e. The smallest absolute Gasteiger partial charge is 0.344 e. The van der Waals surface area contributed by atoms with E-state index in [1.54, 1.807) is 24.4 Å². The normalized spacial score (nSPS) is 12.0. The van der Waals surface area contributed by atoms with Crippen molar-refractivity contribution in [2.24, 2.45) is 4.99 Å². The van der Waals surface area contributed by atoms with Crippen LogP contribution in [-0.4, -0.2) is 37.1 Å². The molecule has 0 aliphatic rings. The van der Waals surface area contributed by atoms with E-state index in [1.165, 1.54) is 14.0 Å². The molecule has 0 saturated carbocycles. The predicted molar refractivity (Wildman–Crippen MR) is 95.6 cm³/mol. The molecule has 0 spiro atoms. The highest BCUT2D eigenvalue weighted by Gasteiger charge is 2.15. The van der Waals surface area contributed by atoms with Crippen molar-refractivity contribution in [3.8, 4) is 17.2 Å². The quantitative estimate of drug-likeness (QED) is 0.740. The largest absolute Gasteiger partial charge is 0.494 e. The fourth-order valence-corrected chi connectivity index (χ4v) is 2.07. The number of aliphatic carboxylic acids is 1. The molecule has 0 unspecified atom stereocenters. The first-order chi connectivity index (χ1) is 12.0. The van der Waals surface area contributed by atoms with Gasteiger partial charge in [-0.2, -0.15) is 0 Å². The lowest BCUT2D eigenvalue weighted by Gasteiger charge is -2.14. The number of carboxylic acid groups (broad SMARTS) is 1. The minimum atomic E-state index is -1.04. The van der Waals surface area contributed by atoms with Gasteiger partial charge in [0.05, 0.1) is 19.4 Å². The van der Waals surface area contributed by atoms with Crippen LogP contribution in [0.4, 0.5) is 5.69 Å². The number of hydrogen-bond donors (Lipinski definition) is 1. The fourth-order valence-electron chi connectivity index (χ4n) is 2.07. The van der Waals surface area contributed by atoms with Gasteiger partial charge in [0.15, 0.2) is 17.6 Å². The van der Waals surface area contributed by atoms with Crippen molar-refractivity contribution in [1.29, 1.82) is 0 Å². The summed E-state index contributed by atoms with van der Waals surface area (Å²) in [7, 11) is 1.50. The van der Waals surface area contributed by atoms with Crippen LogP contribution >= 0.6 is 0 Å². The Morgan fingerprint density at radius 2 is 2.04 bits per heavy atom. The third-order valence-electron chi connectivity index (χ3n) is 3.33. The summed E-state index contributed by atoms with van der Waals surface area (Å²) in [4.78, 5) is 15.3. The van der Waals surface area contributed by atoms with Gasteiger partial charge in [0.2, 0.25) is 0 Å². The molecule has 1 N–H and O–H groups in total. The molecule has 0 saturated heterocycles. The highest BCUT2D eigenvalue weighted by Crippen LogP contribution is 2.29. The molecule has 0 aromatic heterocycles. The van der Waals surface area contributed by atoms with Crippen LogP contribution in [0.25, 0.3) is 0 Å². The number of ether oxygens (including phenoxy) is 3. The molecule has 2 rings (SSSR count). The number of carboxylic acids is 1. The molecule has 6 heteroatoms. The Hall–Kier alpha value is -3.02. The van der Waals surface area contributed by atoms with Gasteiger partial charge in [0.25, 0.3) is 0 Å². The lowest BCUT2D eigenvalue weighted by molar-refractivity contribution is -0.144. The summed E-state index contributed by atoms with van der Waals surface area (Å²) in [5.74, 6) is 0.538. The summed E-state index contributed by atoms with van der Waals surface area (Å²) in [5.41, 5.74) is 1.57. The van der Waals surface area contributed by atoms with Gasteiger partial charge in [-0.15, -0.1) is 0 Å². The Morgan fingerprint density at radius 1 is 1.24 bits per heavy atom. The maximum Gasteiger partial charge on any atom is 0.344 e. The summed E-state index contributed by atoms with van der Waals surface area (Å²) in [6.07, 6.45) is 0.729. The second-order valence-electron chi connectivity index (χ2n) is 5.20. The number of methoxy groups -OCH3 is 1. The minimum absolute atomic E-state index is 0.368. The molecule has 0 bridgehead atoms. The summed E-state index contributed by atoms with van der Waals surface area (Å²) in [6, 6.07) is 12.7. The molecule has 0 radical (unpaired) electrons. The molecule has 25 heavy (non-hydrogen) atoms. The van der Waals surface area contributed by atoms with Crippen LogP contribution in [0, 0.1) is 0 Å². The van der Waals surface area contributed by atoms with Crippen LogP contribution in [0.5, 0.6) is 17.2 Å². The van der Waals surface area contributed by atoms with E-state index in [0.717, 1.165) is 17.0 Å². The number of aliphatic imine (C=N–C) groups is 1. The Labute approximate surface area is 146 Å². The van der Waals surface area contributed by atoms with Gasteiger partial charge in [0, 0.05) is 12.3 Å². The van der Waals surface area contributed by atoms with E-state index < -0.39 is 12.1 Å². The molecule has 0 aliphatic carbocycles. The summed E-state index contributed by atoms with van der Waals surface area (Å²) >= 11 is 0. The Morgan fingerprint density at radius 3 is 2.72 bits per heavy atom. The van der Waals surface area contributed by atoms with E-state index in [0.29, 0.717) is 18.1 Å². The number of benzene rings is 2. The summed E-state index contributed by atoms with van der Waals surface area (Å²) < 4.78 is 16.1. The second-order valence-corrected chi connectivity index (χ2v) is 5.20. The topological polar surface area (TPSA) is 77.4 Å². The first-order valence-corrected chi connectivity index (χ1v) is 7.88. The predicted octanol–water partition coefficient (Wildman–Crippen LogP) is 3.70. The van der Waals surface area contributed by atoms with Gasteiger partial charge in [-0.05, 0) is 49.7 Å². The van der Waals surface area contributed by atoms with Gasteiger partial charge >= 0.3 is 5.97 Å². The zero-order valence-corrected chi connectivity index (χ0v) is 14.4. The van der Waals surface area contributed by atoms with Crippen molar-refractivity contribution in [1.82, 2.24) is 0 Å². The number of hydrogen-bond acceptors (Lipinski definition) is 5. The van der Waals surface area contributed by atoms with E-state index in [1.807, 2.05) is 31.2 Å². The second kappa shape index (κ2) is 8.73. The van der Waals surface area contributed by atoms with Crippen molar-refractivity contribution in [2.45, 2.75) is 20.0 Å². The van der Waals surface area contributed by atoms with Crippen LogP contribution in [0.3, 0.4) is 0 Å². The molecule has 0 fully saturated rings. The molecule has 6 nitrogen and oxygen atoms in total. The van der Waals surface area contributed by atoms with Crippen LogP contribution in [0.1, 0.15) is 19.4 Å². The summed E-state index contributed by atoms with van der Waals surface area (Å²) in [5, 5.41) is 8.94. The molecular formula is C19H21NO5. The van der Waals surface area contributed by atoms with Crippen molar-refractivity contribution in [3.05, 3.63) is 48.0 Å². The lowest BCUT2D eigenvalue weighted by atomic mass is 10.2. The zero-order chi connectivity index (χ0) is 18.2. The van der Waals surface area contributed by atoms with Crippen molar-refractivity contribution in [3.63, 3.8) is 0 Å². The van der Waals surface area contributed by atoms with Crippen LogP contribution in [-0.2, 0) is 4.79 Å². The zero-order valence-electron chi connectivity index (χ0n) is 14.4. The lowest BCUT2D eigenvalue weighted by Crippen LogP contribution is -2.23. The van der Waals surface area contributed by atoms with Gasteiger partial charge in [0.1, 0.15) is 5.75 Å². The van der Waals surface area contributed by atoms with Crippen molar-refractivity contribution >= 4 is 17.9 Å². The van der Waals surface area contributed by atoms with Crippen molar-refractivity contribution in [2.75, 3.05) is 13.7 Å². The van der Waals surface area contributed by atoms with E-state index in [4.69, 9.17) is 19.3 Å². The van der Waals surface area contributed by atoms with E-state index in [2.05, 4.69) is 4.99 Å². The summed E-state index contributed by atoms with van der Waals surface area (Å²) in [6.45, 7) is 3.99. The Bertz CT molecular complexity index is 757. The van der Waals surface area contributed by atoms with Crippen LogP contribution < -0.4 is 14.2 Å². The number of carbonyl (C=O) groups is 1. The Balaban J connectivity index is 2.17. The third-order valence-corrected chi connectivity index (χ3v) is 3.33. The average molecular weight is 343 g/mol. The van der Waals surface area contributed by atoms with E-state index in [-0.39, 0.29) is 0 Å². The molecular weight excluding hydrogens is 322 g/mol. The Kier molecular flexibility index (Phi) is 6.39. The molecule has 0 heterocycles. The maximum absolute atomic E-state index is 10.9. The maximum atomic E-state index is 10.9.